The number of nitrogens with zero attached hydrogens (tertiary/aromatic N) is 1. The van der Waals surface area contributed by atoms with Crippen LogP contribution in [-0.4, -0.2) is 18.1 Å². The zero-order chi connectivity index (χ0) is 12.1. The Morgan fingerprint density at radius 3 is 2.81 bits per heavy atom. The van der Waals surface area contributed by atoms with Crippen molar-refractivity contribution in [2.45, 2.75) is 0 Å². The molecule has 0 aliphatic heterocycles. The molecule has 2 N–H and O–H groups in total. The summed E-state index contributed by atoms with van der Waals surface area (Å²) in [6.07, 6.45) is 0. The fourth-order valence-corrected chi connectivity index (χ4v) is 1.44. The van der Waals surface area contributed by atoms with E-state index in [1.165, 1.54) is 12.1 Å². The summed E-state index contributed by atoms with van der Waals surface area (Å²) < 4.78 is 5.91. The molecule has 0 unspecified atom stereocenters. The van der Waals surface area contributed by atoms with E-state index in [2.05, 4.69) is 22.5 Å². The second kappa shape index (κ2) is 5.62. The number of halogens is 1. The van der Waals surface area contributed by atoms with Crippen molar-refractivity contribution in [3.63, 3.8) is 0 Å². The molecule has 0 atom stereocenters. The highest BCUT2D eigenvalue weighted by atomic mass is 79.9. The van der Waals surface area contributed by atoms with Crippen molar-refractivity contribution in [1.29, 1.82) is 0 Å². The first-order chi connectivity index (χ1) is 7.52. The molecule has 0 bridgehead atoms. The van der Waals surface area contributed by atoms with Gasteiger partial charge in [0.1, 0.15) is 12.4 Å². The number of ether oxygens (including phenoxy) is 1. The van der Waals surface area contributed by atoms with Gasteiger partial charge in [-0.05, 0) is 11.6 Å². The highest BCUT2D eigenvalue weighted by molar-refractivity contribution is 9.10. The van der Waals surface area contributed by atoms with Crippen molar-refractivity contribution < 1.29 is 9.66 Å². The number of non-ortho nitro benzene ring substituents is 1. The van der Waals surface area contributed by atoms with Crippen molar-refractivity contribution in [2.75, 3.05) is 13.2 Å². The van der Waals surface area contributed by atoms with E-state index in [9.17, 15) is 10.1 Å². The molecule has 0 saturated heterocycles. The van der Waals surface area contributed by atoms with Crippen molar-refractivity contribution in [1.82, 2.24) is 0 Å². The molecule has 86 valence electrons. The molecule has 6 heteroatoms. The Kier molecular flexibility index (Phi) is 4.45. The number of nitro groups is 1. The topological polar surface area (TPSA) is 78.4 Å². The molecule has 0 spiro atoms. The van der Waals surface area contributed by atoms with Gasteiger partial charge in [0.2, 0.25) is 0 Å². The average Bonchev–Trinajstić information content (AvgIpc) is 2.25. The molecule has 0 aliphatic carbocycles. The van der Waals surface area contributed by atoms with Crippen LogP contribution in [0.5, 0.6) is 5.75 Å². The van der Waals surface area contributed by atoms with Crippen LogP contribution < -0.4 is 10.5 Å². The Labute approximate surface area is 101 Å². The highest BCUT2D eigenvalue weighted by Crippen LogP contribution is 2.26. The molecule has 0 saturated carbocycles. The second-order valence-electron chi connectivity index (χ2n) is 3.15. The van der Waals surface area contributed by atoms with Crippen molar-refractivity contribution in [3.8, 4) is 5.75 Å². The number of benzene rings is 1. The van der Waals surface area contributed by atoms with E-state index >= 15 is 0 Å². The van der Waals surface area contributed by atoms with Crippen LogP contribution in [0, 0.1) is 10.1 Å². The standard InChI is InChI=1S/C10H11BrN2O3/c1-7(5-12)6-16-10-3-8(11)2-9(4-10)13(14)15/h2-4H,1,5-6,12H2. The molecule has 0 radical (unpaired) electrons. The van der Waals surface area contributed by atoms with Gasteiger partial charge in [-0.3, -0.25) is 10.1 Å². The van der Waals surface area contributed by atoms with Gasteiger partial charge in [-0.15, -0.1) is 0 Å². The molecule has 0 amide bonds. The third-order valence-corrected chi connectivity index (χ3v) is 2.26. The molecule has 16 heavy (non-hydrogen) atoms. The minimum Gasteiger partial charge on any atom is -0.489 e. The van der Waals surface area contributed by atoms with Gasteiger partial charge in [0, 0.05) is 17.1 Å². The molecule has 1 aromatic carbocycles. The smallest absolute Gasteiger partial charge is 0.274 e. The zero-order valence-electron chi connectivity index (χ0n) is 8.48. The Morgan fingerprint density at radius 1 is 1.56 bits per heavy atom. The minimum atomic E-state index is -0.477. The Hall–Kier alpha value is -1.40. The van der Waals surface area contributed by atoms with E-state index < -0.39 is 4.92 Å². The first kappa shape index (κ1) is 12.7. The largest absolute Gasteiger partial charge is 0.489 e. The number of hydrogen-bond acceptors (Lipinski definition) is 4. The maximum atomic E-state index is 10.6. The maximum absolute atomic E-state index is 10.6. The van der Waals surface area contributed by atoms with Gasteiger partial charge in [0.15, 0.2) is 0 Å². The highest BCUT2D eigenvalue weighted by Gasteiger charge is 2.09. The van der Waals surface area contributed by atoms with Gasteiger partial charge in [0.05, 0.1) is 11.0 Å². The summed E-state index contributed by atoms with van der Waals surface area (Å²) in [5.41, 5.74) is 6.05. The number of nitro benzene ring substituents is 1. The van der Waals surface area contributed by atoms with E-state index in [0.29, 0.717) is 16.8 Å². The van der Waals surface area contributed by atoms with Gasteiger partial charge < -0.3 is 10.5 Å². The molecule has 0 aliphatic rings. The van der Waals surface area contributed by atoms with E-state index in [4.69, 9.17) is 10.5 Å². The summed E-state index contributed by atoms with van der Waals surface area (Å²) in [5, 5.41) is 10.6. The van der Waals surface area contributed by atoms with E-state index in [1.807, 2.05) is 0 Å². The van der Waals surface area contributed by atoms with Crippen molar-refractivity contribution in [2.24, 2.45) is 5.73 Å². The van der Waals surface area contributed by atoms with Crippen LogP contribution in [0.3, 0.4) is 0 Å². The predicted molar refractivity (Wildman–Crippen MR) is 64.5 cm³/mol. The van der Waals surface area contributed by atoms with Crippen LogP contribution in [0.15, 0.2) is 34.8 Å². The fourth-order valence-electron chi connectivity index (χ4n) is 0.981. The van der Waals surface area contributed by atoms with Crippen LogP contribution in [0.1, 0.15) is 0 Å². The lowest BCUT2D eigenvalue weighted by molar-refractivity contribution is -0.385. The summed E-state index contributed by atoms with van der Waals surface area (Å²) in [5.74, 6) is 0.413. The number of hydrogen-bond donors (Lipinski definition) is 1. The molecule has 0 fully saturated rings. The first-order valence-electron chi connectivity index (χ1n) is 4.47. The SMILES string of the molecule is C=C(CN)COc1cc(Br)cc([N+](=O)[O-])c1. The van der Waals surface area contributed by atoms with E-state index in [0.717, 1.165) is 5.57 Å². The van der Waals surface area contributed by atoms with Crippen molar-refractivity contribution >= 4 is 21.6 Å². The Bertz CT molecular complexity index is 421. The third-order valence-electron chi connectivity index (χ3n) is 1.80. The molecule has 0 heterocycles. The van der Waals surface area contributed by atoms with Crippen LogP contribution in [0.25, 0.3) is 0 Å². The monoisotopic (exact) mass is 286 g/mol. The lowest BCUT2D eigenvalue weighted by atomic mass is 10.3. The summed E-state index contributed by atoms with van der Waals surface area (Å²) >= 11 is 3.17. The number of nitrogens with two attached hydrogens (primary N) is 1. The Balaban J connectivity index is 2.80. The predicted octanol–water partition coefficient (Wildman–Crippen LogP) is 2.25. The molecule has 1 aromatic rings. The summed E-state index contributed by atoms with van der Waals surface area (Å²) in [4.78, 5) is 10.1. The van der Waals surface area contributed by atoms with Gasteiger partial charge in [-0.1, -0.05) is 22.5 Å². The summed E-state index contributed by atoms with van der Waals surface area (Å²) in [6.45, 7) is 4.26. The lowest BCUT2D eigenvalue weighted by Crippen LogP contribution is -2.09. The second-order valence-corrected chi connectivity index (χ2v) is 4.06. The molecule has 1 rings (SSSR count). The van der Waals surface area contributed by atoms with Crippen LogP contribution >= 0.6 is 15.9 Å². The van der Waals surface area contributed by atoms with E-state index in [-0.39, 0.29) is 12.3 Å². The molecular formula is C10H11BrN2O3. The zero-order valence-corrected chi connectivity index (χ0v) is 10.1. The summed E-state index contributed by atoms with van der Waals surface area (Å²) in [7, 11) is 0. The first-order valence-corrected chi connectivity index (χ1v) is 5.26. The van der Waals surface area contributed by atoms with Crippen LogP contribution in [0.4, 0.5) is 5.69 Å². The van der Waals surface area contributed by atoms with E-state index in [1.54, 1.807) is 6.07 Å². The van der Waals surface area contributed by atoms with Gasteiger partial charge in [-0.2, -0.15) is 0 Å². The number of rotatable bonds is 5. The Morgan fingerprint density at radius 2 is 2.25 bits per heavy atom. The van der Waals surface area contributed by atoms with Crippen LogP contribution in [-0.2, 0) is 0 Å². The molecule has 0 aromatic heterocycles. The maximum Gasteiger partial charge on any atom is 0.274 e. The van der Waals surface area contributed by atoms with Crippen molar-refractivity contribution in [3.05, 3.63) is 44.9 Å². The van der Waals surface area contributed by atoms with Crippen LogP contribution in [0.2, 0.25) is 0 Å². The lowest BCUT2D eigenvalue weighted by Gasteiger charge is -2.07. The summed E-state index contributed by atoms with van der Waals surface area (Å²) in [6, 6.07) is 4.41. The van der Waals surface area contributed by atoms with Gasteiger partial charge >= 0.3 is 0 Å². The quantitative estimate of drug-likeness (QED) is 0.512. The minimum absolute atomic E-state index is 0.0252. The third kappa shape index (κ3) is 3.63. The molecule has 5 nitrogen and oxygen atoms in total. The normalized spacial score (nSPS) is 9.88. The fraction of sp³-hybridized carbons (Fsp3) is 0.200. The average molecular weight is 287 g/mol. The molecular weight excluding hydrogens is 276 g/mol. The van der Waals surface area contributed by atoms with Gasteiger partial charge in [-0.25, -0.2) is 0 Å². The van der Waals surface area contributed by atoms with Gasteiger partial charge in [0.25, 0.3) is 5.69 Å².